The molecule has 0 N–H and O–H groups in total. The Morgan fingerprint density at radius 3 is 2.55 bits per heavy atom. The molecule has 3 aromatic rings. The van der Waals surface area contributed by atoms with E-state index in [0.717, 1.165) is 11.1 Å². The summed E-state index contributed by atoms with van der Waals surface area (Å²) < 4.78 is 43.7. The van der Waals surface area contributed by atoms with E-state index in [9.17, 15) is 18.0 Å². The molecule has 0 aliphatic heterocycles. The zero-order chi connectivity index (χ0) is 21.2. The summed E-state index contributed by atoms with van der Waals surface area (Å²) in [7, 11) is 1.77. The van der Waals surface area contributed by atoms with E-state index in [0.29, 0.717) is 28.6 Å². The summed E-state index contributed by atoms with van der Waals surface area (Å²) in [6.45, 7) is 3.17. The second-order valence-electron chi connectivity index (χ2n) is 6.60. The Hall–Kier alpha value is -3.29. The molecule has 0 fully saturated rings. The minimum absolute atomic E-state index is 0.333. The highest BCUT2D eigenvalue weighted by Crippen LogP contribution is 2.30. The molecule has 0 saturated heterocycles. The zero-order valence-electron chi connectivity index (χ0n) is 16.1. The van der Waals surface area contributed by atoms with Gasteiger partial charge in [-0.2, -0.15) is 0 Å². The van der Waals surface area contributed by atoms with Gasteiger partial charge in [-0.05, 0) is 36.2 Å². The minimum Gasteiger partial charge on any atom is -0.406 e. The molecule has 152 valence electrons. The maximum Gasteiger partial charge on any atom is 0.573 e. The summed E-state index contributed by atoms with van der Waals surface area (Å²) in [5, 5.41) is 4.50. The number of hydrogen-bond acceptors (Lipinski definition) is 4. The number of oxime groups is 1. The predicted molar refractivity (Wildman–Crippen MR) is 103 cm³/mol. The van der Waals surface area contributed by atoms with Gasteiger partial charge in [-0.25, -0.2) is 4.79 Å². The van der Waals surface area contributed by atoms with Crippen LogP contribution in [-0.4, -0.2) is 22.6 Å². The van der Waals surface area contributed by atoms with E-state index in [1.165, 1.54) is 25.1 Å². The van der Waals surface area contributed by atoms with Gasteiger partial charge >= 0.3 is 12.3 Å². The number of fused-ring (bicyclic) bond motifs is 1. The van der Waals surface area contributed by atoms with Gasteiger partial charge in [-0.1, -0.05) is 29.4 Å². The minimum atomic E-state index is -4.79. The Balaban J connectivity index is 2.11. The SMILES string of the molecule is CC(=O)O/N=C(\Cc1ccccc1C)c1cn(C)c2ccc(OC(F)(F)F)cc12. The van der Waals surface area contributed by atoms with Gasteiger partial charge in [-0.3, -0.25) is 0 Å². The van der Waals surface area contributed by atoms with Crippen molar-refractivity contribution < 1.29 is 27.5 Å². The Morgan fingerprint density at radius 1 is 1.17 bits per heavy atom. The van der Waals surface area contributed by atoms with Crippen molar-refractivity contribution in [2.75, 3.05) is 0 Å². The molecule has 0 saturated carbocycles. The predicted octanol–water partition coefficient (Wildman–Crippen LogP) is 4.90. The molecule has 29 heavy (non-hydrogen) atoms. The number of nitrogens with zero attached hydrogens (tertiary/aromatic N) is 2. The lowest BCUT2D eigenvalue weighted by atomic mass is 9.98. The number of carbonyl (C=O) groups excluding carboxylic acids is 1. The van der Waals surface area contributed by atoms with Crippen LogP contribution >= 0.6 is 0 Å². The van der Waals surface area contributed by atoms with Gasteiger partial charge in [0.15, 0.2) is 0 Å². The number of alkyl halides is 3. The zero-order valence-corrected chi connectivity index (χ0v) is 16.1. The number of halogens is 3. The van der Waals surface area contributed by atoms with Crippen LogP contribution in [0, 0.1) is 6.92 Å². The molecule has 0 radical (unpaired) electrons. The van der Waals surface area contributed by atoms with E-state index in [4.69, 9.17) is 4.84 Å². The highest BCUT2D eigenvalue weighted by atomic mass is 19.4. The van der Waals surface area contributed by atoms with Gasteiger partial charge in [0.2, 0.25) is 0 Å². The van der Waals surface area contributed by atoms with Gasteiger partial charge in [0, 0.05) is 43.1 Å². The number of hydrogen-bond donors (Lipinski definition) is 0. The fourth-order valence-electron chi connectivity index (χ4n) is 3.08. The number of benzene rings is 2. The summed E-state index contributed by atoms with van der Waals surface area (Å²) in [5.41, 5.74) is 3.64. The first-order valence-corrected chi connectivity index (χ1v) is 8.78. The van der Waals surface area contributed by atoms with Crippen LogP contribution in [0.25, 0.3) is 10.9 Å². The third-order valence-corrected chi connectivity index (χ3v) is 4.41. The Morgan fingerprint density at radius 2 is 1.90 bits per heavy atom. The van der Waals surface area contributed by atoms with Crippen molar-refractivity contribution in [3.05, 3.63) is 65.4 Å². The monoisotopic (exact) mass is 404 g/mol. The molecule has 8 heteroatoms. The Labute approximate surface area is 165 Å². The van der Waals surface area contributed by atoms with Crippen LogP contribution in [0.15, 0.2) is 53.8 Å². The molecule has 0 amide bonds. The van der Waals surface area contributed by atoms with Gasteiger partial charge < -0.3 is 14.1 Å². The van der Waals surface area contributed by atoms with Crippen LogP contribution in [-0.2, 0) is 23.1 Å². The molecule has 0 atom stereocenters. The number of aromatic nitrogens is 1. The summed E-state index contributed by atoms with van der Waals surface area (Å²) >= 11 is 0. The van der Waals surface area contributed by atoms with E-state index in [2.05, 4.69) is 9.89 Å². The first-order valence-electron chi connectivity index (χ1n) is 8.78. The first kappa shape index (κ1) is 20.4. The molecule has 5 nitrogen and oxygen atoms in total. The van der Waals surface area contributed by atoms with Crippen molar-refractivity contribution in [2.24, 2.45) is 12.2 Å². The fraction of sp³-hybridized carbons (Fsp3) is 0.238. The molecular weight excluding hydrogens is 385 g/mol. The molecule has 0 unspecified atom stereocenters. The molecule has 0 spiro atoms. The topological polar surface area (TPSA) is 52.8 Å². The van der Waals surface area contributed by atoms with Crippen molar-refractivity contribution in [1.82, 2.24) is 4.57 Å². The average Bonchev–Trinajstić information content (AvgIpc) is 2.94. The van der Waals surface area contributed by atoms with Gasteiger partial charge in [0.05, 0.1) is 5.71 Å². The van der Waals surface area contributed by atoms with Gasteiger partial charge in [0.1, 0.15) is 5.75 Å². The molecule has 0 aliphatic carbocycles. The standard InChI is InChI=1S/C21H19F3N2O3/c1-13-6-4-5-7-15(13)10-19(25-29-14(2)27)18-12-26(3)20-9-8-16(11-17(18)20)28-21(22,23)24/h4-9,11-12H,10H2,1-3H3/b25-19+. The molecule has 0 aliphatic rings. The van der Waals surface area contributed by atoms with Crippen LogP contribution in [0.4, 0.5) is 13.2 Å². The summed E-state index contributed by atoms with van der Waals surface area (Å²) in [6.07, 6.45) is -2.72. The number of rotatable bonds is 5. The Kier molecular flexibility index (Phi) is 5.63. The Bertz CT molecular complexity index is 1080. The second-order valence-corrected chi connectivity index (χ2v) is 6.60. The van der Waals surface area contributed by atoms with E-state index in [-0.39, 0.29) is 5.75 Å². The van der Waals surface area contributed by atoms with Crippen LogP contribution in [0.2, 0.25) is 0 Å². The third kappa shape index (κ3) is 4.96. The quantitative estimate of drug-likeness (QED) is 0.345. The molecule has 3 rings (SSSR count). The van der Waals surface area contributed by atoms with E-state index < -0.39 is 12.3 Å². The van der Waals surface area contributed by atoms with Gasteiger partial charge in [0.25, 0.3) is 0 Å². The second kappa shape index (κ2) is 7.98. The number of ether oxygens (including phenoxy) is 1. The lowest BCUT2D eigenvalue weighted by Crippen LogP contribution is -2.17. The number of aryl methyl sites for hydroxylation is 2. The third-order valence-electron chi connectivity index (χ3n) is 4.41. The summed E-state index contributed by atoms with van der Waals surface area (Å²) in [6, 6.07) is 11.7. The van der Waals surface area contributed by atoms with Gasteiger partial charge in [-0.15, -0.1) is 13.2 Å². The van der Waals surface area contributed by atoms with Crippen molar-refractivity contribution in [1.29, 1.82) is 0 Å². The van der Waals surface area contributed by atoms with Crippen molar-refractivity contribution in [3.8, 4) is 5.75 Å². The summed E-state index contributed by atoms with van der Waals surface area (Å²) in [4.78, 5) is 16.2. The van der Waals surface area contributed by atoms with Crippen LogP contribution in [0.1, 0.15) is 23.6 Å². The van der Waals surface area contributed by atoms with E-state index in [1.807, 2.05) is 31.2 Å². The molecular formula is C21H19F3N2O3. The maximum absolute atomic E-state index is 12.6. The first-order chi connectivity index (χ1) is 13.6. The molecule has 0 bridgehead atoms. The molecule has 2 aromatic carbocycles. The van der Waals surface area contributed by atoms with Crippen molar-refractivity contribution in [2.45, 2.75) is 26.6 Å². The molecule has 1 heterocycles. The normalized spacial score (nSPS) is 12.3. The average molecular weight is 404 g/mol. The summed E-state index contributed by atoms with van der Waals surface area (Å²) in [5.74, 6) is -0.922. The highest BCUT2D eigenvalue weighted by molar-refractivity contribution is 6.12. The number of carbonyl (C=O) groups is 1. The lowest BCUT2D eigenvalue weighted by Gasteiger charge is -2.10. The fourth-order valence-corrected chi connectivity index (χ4v) is 3.08. The van der Waals surface area contributed by atoms with Crippen LogP contribution in [0.5, 0.6) is 5.75 Å². The van der Waals surface area contributed by atoms with E-state index >= 15 is 0 Å². The maximum atomic E-state index is 12.6. The van der Waals surface area contributed by atoms with Crippen LogP contribution < -0.4 is 4.74 Å². The largest absolute Gasteiger partial charge is 0.573 e. The smallest absolute Gasteiger partial charge is 0.406 e. The van der Waals surface area contributed by atoms with Crippen molar-refractivity contribution in [3.63, 3.8) is 0 Å². The van der Waals surface area contributed by atoms with Crippen LogP contribution in [0.3, 0.4) is 0 Å². The molecule has 1 aromatic heterocycles. The highest BCUT2D eigenvalue weighted by Gasteiger charge is 2.31. The lowest BCUT2D eigenvalue weighted by molar-refractivity contribution is -0.274. The van der Waals surface area contributed by atoms with E-state index in [1.54, 1.807) is 17.8 Å². The van der Waals surface area contributed by atoms with Crippen molar-refractivity contribution >= 4 is 22.6 Å².